The van der Waals surface area contributed by atoms with Crippen molar-refractivity contribution in [1.82, 2.24) is 0 Å². The van der Waals surface area contributed by atoms with Crippen molar-refractivity contribution in [2.75, 3.05) is 0 Å². The molecule has 0 N–H and O–H groups in total. The van der Waals surface area contributed by atoms with Gasteiger partial charge in [0.05, 0.1) is 0 Å². The molecule has 0 heterocycles. The third-order valence-corrected chi connectivity index (χ3v) is 4.80. The minimum atomic E-state index is 1.06. The summed E-state index contributed by atoms with van der Waals surface area (Å²) in [5, 5.41) is 0. The van der Waals surface area contributed by atoms with Gasteiger partial charge in [0.2, 0.25) is 0 Å². The van der Waals surface area contributed by atoms with E-state index in [0.29, 0.717) is 0 Å². The lowest BCUT2D eigenvalue weighted by Crippen LogP contribution is -1.94. The molecule has 23 heavy (non-hydrogen) atoms. The first-order valence-corrected chi connectivity index (χ1v) is 8.37. The van der Waals surface area contributed by atoms with Crippen LogP contribution < -0.4 is 0 Å². The van der Waals surface area contributed by atoms with Crippen LogP contribution >= 0.6 is 0 Å². The summed E-state index contributed by atoms with van der Waals surface area (Å²) in [7, 11) is 0. The topological polar surface area (TPSA) is 0 Å². The average molecular weight is 300 g/mol. The zero-order chi connectivity index (χ0) is 16.4. The van der Waals surface area contributed by atoms with Crippen molar-refractivity contribution in [3.05, 3.63) is 82.9 Å². The quantitative estimate of drug-likeness (QED) is 0.517. The van der Waals surface area contributed by atoms with Gasteiger partial charge < -0.3 is 0 Å². The second kappa shape index (κ2) is 6.42. The van der Waals surface area contributed by atoms with Gasteiger partial charge in [0.25, 0.3) is 0 Å². The van der Waals surface area contributed by atoms with Crippen molar-refractivity contribution >= 4 is 0 Å². The van der Waals surface area contributed by atoms with E-state index in [-0.39, 0.29) is 0 Å². The van der Waals surface area contributed by atoms with Crippen LogP contribution in [0.25, 0.3) is 22.3 Å². The minimum absolute atomic E-state index is 1.06. The molecule has 0 amide bonds. The second-order valence-electron chi connectivity index (χ2n) is 6.29. The van der Waals surface area contributed by atoms with Crippen molar-refractivity contribution in [3.8, 4) is 22.3 Å². The van der Waals surface area contributed by atoms with Crippen LogP contribution in [0.1, 0.15) is 29.2 Å². The van der Waals surface area contributed by atoms with Crippen molar-refractivity contribution in [1.29, 1.82) is 0 Å². The Balaban J connectivity index is 2.15. The molecule has 3 aromatic rings. The molecule has 3 aromatic carbocycles. The molecule has 0 heteroatoms. The molecule has 116 valence electrons. The predicted molar refractivity (Wildman–Crippen MR) is 101 cm³/mol. The molecule has 0 saturated carbocycles. The Morgan fingerprint density at radius 3 is 2.09 bits per heavy atom. The van der Waals surface area contributed by atoms with Crippen LogP contribution in [-0.4, -0.2) is 0 Å². The fourth-order valence-corrected chi connectivity index (χ4v) is 3.33. The minimum Gasteiger partial charge on any atom is -0.0620 e. The van der Waals surface area contributed by atoms with Crippen molar-refractivity contribution in [3.63, 3.8) is 0 Å². The maximum atomic E-state index is 2.29. The highest BCUT2D eigenvalue weighted by atomic mass is 14.2. The monoisotopic (exact) mass is 300 g/mol. The number of rotatable bonds is 3. The summed E-state index contributed by atoms with van der Waals surface area (Å²) in [6, 6.07) is 22.1. The van der Waals surface area contributed by atoms with Gasteiger partial charge >= 0.3 is 0 Å². The van der Waals surface area contributed by atoms with Gasteiger partial charge in [-0.3, -0.25) is 0 Å². The Labute approximate surface area is 139 Å². The van der Waals surface area contributed by atoms with Crippen molar-refractivity contribution < 1.29 is 0 Å². The maximum absolute atomic E-state index is 2.29. The standard InChI is InChI=1S/C23H24/c1-5-19-10-6-7-12-23(19)22-14-13-21(17(3)18(22)4)20-11-8-9-16(2)15-20/h6-15H,5H2,1-4H3. The summed E-state index contributed by atoms with van der Waals surface area (Å²) in [5.41, 5.74) is 10.8. The largest absolute Gasteiger partial charge is 0.0620 e. The Hall–Kier alpha value is -2.34. The van der Waals surface area contributed by atoms with E-state index in [0.717, 1.165) is 6.42 Å². The zero-order valence-corrected chi connectivity index (χ0v) is 14.5. The van der Waals surface area contributed by atoms with E-state index in [1.165, 1.54) is 44.5 Å². The van der Waals surface area contributed by atoms with E-state index in [1.807, 2.05) is 0 Å². The summed E-state index contributed by atoms with van der Waals surface area (Å²) in [6.45, 7) is 8.86. The zero-order valence-electron chi connectivity index (χ0n) is 14.5. The Kier molecular flexibility index (Phi) is 4.34. The van der Waals surface area contributed by atoms with E-state index in [4.69, 9.17) is 0 Å². The molecule has 0 unspecified atom stereocenters. The summed E-state index contributed by atoms with van der Waals surface area (Å²) in [5.74, 6) is 0. The van der Waals surface area contributed by atoms with Crippen LogP contribution in [0.3, 0.4) is 0 Å². The van der Waals surface area contributed by atoms with Crippen LogP contribution in [0.15, 0.2) is 60.7 Å². The second-order valence-corrected chi connectivity index (χ2v) is 6.29. The SMILES string of the molecule is CCc1ccccc1-c1ccc(-c2cccc(C)c2)c(C)c1C. The van der Waals surface area contributed by atoms with Crippen LogP contribution in [0.5, 0.6) is 0 Å². The molecule has 0 bridgehead atoms. The van der Waals surface area contributed by atoms with Gasteiger partial charge in [-0.15, -0.1) is 0 Å². The lowest BCUT2D eigenvalue weighted by Gasteiger charge is -2.16. The molecule has 0 nitrogen and oxygen atoms in total. The predicted octanol–water partition coefficient (Wildman–Crippen LogP) is 6.51. The lowest BCUT2D eigenvalue weighted by molar-refractivity contribution is 1.14. The molecule has 0 aliphatic heterocycles. The lowest BCUT2D eigenvalue weighted by atomic mass is 9.88. The number of aryl methyl sites for hydroxylation is 2. The van der Waals surface area contributed by atoms with Gasteiger partial charge in [-0.05, 0) is 66.1 Å². The fraction of sp³-hybridized carbons (Fsp3) is 0.217. The van der Waals surface area contributed by atoms with Crippen LogP contribution in [0.4, 0.5) is 0 Å². The van der Waals surface area contributed by atoms with Crippen LogP contribution in [0.2, 0.25) is 0 Å². The molecule has 0 aliphatic carbocycles. The Morgan fingerprint density at radius 2 is 1.35 bits per heavy atom. The van der Waals surface area contributed by atoms with Crippen LogP contribution in [-0.2, 0) is 6.42 Å². The highest BCUT2D eigenvalue weighted by Crippen LogP contribution is 2.34. The van der Waals surface area contributed by atoms with Gasteiger partial charge in [-0.25, -0.2) is 0 Å². The molecule has 0 aromatic heterocycles. The van der Waals surface area contributed by atoms with Crippen LogP contribution in [0, 0.1) is 20.8 Å². The summed E-state index contributed by atoms with van der Waals surface area (Å²) in [6.07, 6.45) is 1.06. The first-order valence-electron chi connectivity index (χ1n) is 8.37. The van der Waals surface area contributed by atoms with Crippen molar-refractivity contribution in [2.24, 2.45) is 0 Å². The number of hydrogen-bond acceptors (Lipinski definition) is 0. The number of hydrogen-bond donors (Lipinski definition) is 0. The Bertz CT molecular complexity index is 840. The first kappa shape index (κ1) is 15.6. The molecule has 0 aliphatic rings. The third-order valence-electron chi connectivity index (χ3n) is 4.80. The van der Waals surface area contributed by atoms with Gasteiger partial charge in [0.15, 0.2) is 0 Å². The maximum Gasteiger partial charge on any atom is -0.0149 e. The molecule has 0 fully saturated rings. The highest BCUT2D eigenvalue weighted by Gasteiger charge is 2.11. The van der Waals surface area contributed by atoms with E-state index < -0.39 is 0 Å². The molecule has 3 rings (SSSR count). The van der Waals surface area contributed by atoms with Gasteiger partial charge in [-0.1, -0.05) is 73.2 Å². The van der Waals surface area contributed by atoms with Gasteiger partial charge in [0.1, 0.15) is 0 Å². The van der Waals surface area contributed by atoms with Crippen molar-refractivity contribution in [2.45, 2.75) is 34.1 Å². The summed E-state index contributed by atoms with van der Waals surface area (Å²) >= 11 is 0. The normalized spacial score (nSPS) is 10.8. The highest BCUT2D eigenvalue weighted by molar-refractivity contribution is 5.78. The van der Waals surface area contributed by atoms with E-state index in [9.17, 15) is 0 Å². The molecule has 0 saturated heterocycles. The average Bonchev–Trinajstić information content (AvgIpc) is 2.57. The van der Waals surface area contributed by atoms with E-state index in [1.54, 1.807) is 0 Å². The third kappa shape index (κ3) is 2.94. The number of benzene rings is 3. The summed E-state index contributed by atoms with van der Waals surface area (Å²) in [4.78, 5) is 0. The molecule has 0 atom stereocenters. The molecule has 0 radical (unpaired) electrons. The molecule has 0 spiro atoms. The Morgan fingerprint density at radius 1 is 0.652 bits per heavy atom. The molecular weight excluding hydrogens is 276 g/mol. The van der Waals surface area contributed by atoms with Gasteiger partial charge in [0, 0.05) is 0 Å². The summed E-state index contributed by atoms with van der Waals surface area (Å²) < 4.78 is 0. The first-order chi connectivity index (χ1) is 11.1. The molecular formula is C23H24. The van der Waals surface area contributed by atoms with Gasteiger partial charge in [-0.2, -0.15) is 0 Å². The smallest absolute Gasteiger partial charge is 0.0149 e. The fourth-order valence-electron chi connectivity index (χ4n) is 3.33. The van der Waals surface area contributed by atoms with E-state index in [2.05, 4.69) is 88.4 Å². The van der Waals surface area contributed by atoms with E-state index >= 15 is 0 Å².